The summed E-state index contributed by atoms with van der Waals surface area (Å²) in [6.07, 6.45) is 1.76. The molecule has 25 heavy (non-hydrogen) atoms. The van der Waals surface area contributed by atoms with E-state index in [2.05, 4.69) is 21.1 Å². The van der Waals surface area contributed by atoms with E-state index in [0.717, 1.165) is 42.8 Å². The van der Waals surface area contributed by atoms with Crippen molar-refractivity contribution in [3.8, 4) is 0 Å². The van der Waals surface area contributed by atoms with Crippen LogP contribution in [-0.2, 0) is 10.0 Å². The SMILES string of the molecule is O=S(=O)(Nn1ccc2c(N3CCNCC3)cccc21)c1ccccc1. The molecule has 1 saturated heterocycles. The smallest absolute Gasteiger partial charge is 0.275 e. The zero-order valence-corrected chi connectivity index (χ0v) is 14.5. The van der Waals surface area contributed by atoms with Crippen molar-refractivity contribution in [3.63, 3.8) is 0 Å². The van der Waals surface area contributed by atoms with Crippen LogP contribution < -0.4 is 15.0 Å². The zero-order valence-electron chi connectivity index (χ0n) is 13.7. The number of hydrogen-bond donors (Lipinski definition) is 2. The molecule has 1 aliphatic rings. The van der Waals surface area contributed by atoms with Crippen molar-refractivity contribution in [2.45, 2.75) is 4.90 Å². The molecular formula is C18H20N4O2S. The van der Waals surface area contributed by atoms with Gasteiger partial charge in [0.25, 0.3) is 10.0 Å². The topological polar surface area (TPSA) is 66.4 Å². The lowest BCUT2D eigenvalue weighted by Crippen LogP contribution is -2.43. The predicted molar refractivity (Wildman–Crippen MR) is 100 cm³/mol. The van der Waals surface area contributed by atoms with Gasteiger partial charge in [-0.05, 0) is 30.3 Å². The second-order valence-electron chi connectivity index (χ2n) is 6.04. The fourth-order valence-corrected chi connectivity index (χ4v) is 4.23. The summed E-state index contributed by atoms with van der Waals surface area (Å²) in [5, 5.41) is 4.39. The number of nitrogens with one attached hydrogen (secondary N) is 2. The molecule has 0 unspecified atom stereocenters. The fourth-order valence-electron chi connectivity index (χ4n) is 3.19. The molecule has 0 aliphatic carbocycles. The van der Waals surface area contributed by atoms with E-state index in [9.17, 15) is 8.42 Å². The molecule has 2 heterocycles. The number of hydrogen-bond acceptors (Lipinski definition) is 4. The average molecular weight is 356 g/mol. The molecular weight excluding hydrogens is 336 g/mol. The minimum atomic E-state index is -3.62. The molecule has 0 saturated carbocycles. The molecule has 0 radical (unpaired) electrons. The molecule has 0 atom stereocenters. The summed E-state index contributed by atoms with van der Waals surface area (Å²) < 4.78 is 26.7. The Balaban J connectivity index is 1.70. The van der Waals surface area contributed by atoms with Crippen molar-refractivity contribution in [2.24, 2.45) is 0 Å². The third kappa shape index (κ3) is 3.08. The maximum Gasteiger partial charge on any atom is 0.275 e. The Morgan fingerprint density at radius 1 is 0.920 bits per heavy atom. The van der Waals surface area contributed by atoms with Gasteiger partial charge in [0.05, 0.1) is 10.4 Å². The van der Waals surface area contributed by atoms with E-state index in [-0.39, 0.29) is 4.90 Å². The number of aromatic nitrogens is 1. The molecule has 0 spiro atoms. The lowest BCUT2D eigenvalue weighted by Gasteiger charge is -2.30. The Morgan fingerprint density at radius 3 is 2.44 bits per heavy atom. The first-order valence-electron chi connectivity index (χ1n) is 8.29. The fraction of sp³-hybridized carbons (Fsp3) is 0.222. The van der Waals surface area contributed by atoms with E-state index < -0.39 is 10.0 Å². The summed E-state index contributed by atoms with van der Waals surface area (Å²) >= 11 is 0. The Kier molecular flexibility index (Phi) is 4.10. The van der Waals surface area contributed by atoms with Crippen molar-refractivity contribution in [3.05, 3.63) is 60.8 Å². The van der Waals surface area contributed by atoms with E-state index in [1.165, 1.54) is 0 Å². The number of rotatable bonds is 4. The summed E-state index contributed by atoms with van der Waals surface area (Å²) in [4.78, 5) is 5.22. The van der Waals surface area contributed by atoms with Crippen LogP contribution in [0.4, 0.5) is 5.69 Å². The summed E-state index contributed by atoms with van der Waals surface area (Å²) in [6, 6.07) is 16.3. The van der Waals surface area contributed by atoms with Crippen molar-refractivity contribution in [1.82, 2.24) is 9.99 Å². The van der Waals surface area contributed by atoms with Gasteiger partial charge in [0.1, 0.15) is 0 Å². The Hall–Kier alpha value is -2.51. The standard InChI is InChI=1S/C18H20N4O2S/c23-25(24,15-5-2-1-3-6-15)20-22-12-9-16-17(7-4-8-18(16)22)21-13-10-19-11-14-21/h1-9,12,19-20H,10-11,13-14H2. The van der Waals surface area contributed by atoms with E-state index in [4.69, 9.17) is 0 Å². The first kappa shape index (κ1) is 16.0. The molecule has 3 aromatic rings. The monoisotopic (exact) mass is 356 g/mol. The highest BCUT2D eigenvalue weighted by atomic mass is 32.2. The highest BCUT2D eigenvalue weighted by molar-refractivity contribution is 7.92. The number of piperazine rings is 1. The molecule has 7 heteroatoms. The van der Waals surface area contributed by atoms with Gasteiger partial charge in [-0.2, -0.15) is 8.42 Å². The van der Waals surface area contributed by atoms with Gasteiger partial charge in [0, 0.05) is 43.4 Å². The second kappa shape index (κ2) is 6.42. The zero-order chi connectivity index (χ0) is 17.3. The maximum absolute atomic E-state index is 12.6. The molecule has 4 rings (SSSR count). The summed E-state index contributed by atoms with van der Waals surface area (Å²) in [5.41, 5.74) is 1.98. The van der Waals surface area contributed by atoms with Crippen LogP contribution >= 0.6 is 0 Å². The van der Waals surface area contributed by atoms with Crippen molar-refractivity contribution < 1.29 is 8.42 Å². The van der Waals surface area contributed by atoms with Gasteiger partial charge in [-0.15, -0.1) is 0 Å². The molecule has 1 aromatic heterocycles. The first-order chi connectivity index (χ1) is 12.1. The summed E-state index contributed by atoms with van der Waals surface area (Å²) in [5.74, 6) is 0. The van der Waals surface area contributed by atoms with Crippen LogP contribution in [0.5, 0.6) is 0 Å². The lowest BCUT2D eigenvalue weighted by molar-refractivity contribution is 0.590. The van der Waals surface area contributed by atoms with Crippen molar-refractivity contribution >= 4 is 26.6 Å². The highest BCUT2D eigenvalue weighted by Gasteiger charge is 2.17. The van der Waals surface area contributed by atoms with Gasteiger partial charge in [0.2, 0.25) is 0 Å². The van der Waals surface area contributed by atoms with Crippen LogP contribution in [0.25, 0.3) is 10.9 Å². The summed E-state index contributed by atoms with van der Waals surface area (Å²) in [7, 11) is -3.62. The van der Waals surface area contributed by atoms with Crippen LogP contribution in [0.2, 0.25) is 0 Å². The lowest BCUT2D eigenvalue weighted by atomic mass is 10.2. The van der Waals surface area contributed by atoms with Gasteiger partial charge in [0.15, 0.2) is 0 Å². The average Bonchev–Trinajstić information content (AvgIpc) is 3.06. The predicted octanol–water partition coefficient (Wildman–Crippen LogP) is 1.98. The normalized spacial score (nSPS) is 15.4. The molecule has 2 N–H and O–H groups in total. The van der Waals surface area contributed by atoms with E-state index in [1.807, 2.05) is 18.2 Å². The first-order valence-corrected chi connectivity index (χ1v) is 9.77. The van der Waals surface area contributed by atoms with E-state index in [1.54, 1.807) is 41.2 Å². The quantitative estimate of drug-likeness (QED) is 0.750. The second-order valence-corrected chi connectivity index (χ2v) is 7.70. The number of fused-ring (bicyclic) bond motifs is 1. The largest absolute Gasteiger partial charge is 0.368 e. The number of benzene rings is 2. The number of nitrogens with zero attached hydrogens (tertiary/aromatic N) is 2. The van der Waals surface area contributed by atoms with Crippen LogP contribution in [0.3, 0.4) is 0 Å². The molecule has 0 bridgehead atoms. The number of sulfonamides is 1. The van der Waals surface area contributed by atoms with E-state index >= 15 is 0 Å². The minimum Gasteiger partial charge on any atom is -0.368 e. The third-order valence-electron chi connectivity index (χ3n) is 4.44. The summed E-state index contributed by atoms with van der Waals surface area (Å²) in [6.45, 7) is 3.80. The molecule has 0 amide bonds. The Bertz CT molecular complexity index is 977. The third-order valence-corrected chi connectivity index (χ3v) is 5.77. The van der Waals surface area contributed by atoms with Crippen LogP contribution in [-0.4, -0.2) is 39.3 Å². The van der Waals surface area contributed by atoms with Gasteiger partial charge < -0.3 is 10.2 Å². The molecule has 6 nitrogen and oxygen atoms in total. The molecule has 1 fully saturated rings. The molecule has 1 aliphatic heterocycles. The van der Waals surface area contributed by atoms with Crippen molar-refractivity contribution in [2.75, 3.05) is 35.9 Å². The molecule has 130 valence electrons. The van der Waals surface area contributed by atoms with Crippen LogP contribution in [0.1, 0.15) is 0 Å². The van der Waals surface area contributed by atoms with E-state index in [0.29, 0.717) is 0 Å². The van der Waals surface area contributed by atoms with Crippen LogP contribution in [0, 0.1) is 0 Å². The minimum absolute atomic E-state index is 0.245. The van der Waals surface area contributed by atoms with Gasteiger partial charge in [-0.3, -0.25) is 4.68 Å². The van der Waals surface area contributed by atoms with Gasteiger partial charge in [-0.25, -0.2) is 4.83 Å². The Labute approximate surface area is 147 Å². The van der Waals surface area contributed by atoms with Gasteiger partial charge >= 0.3 is 0 Å². The number of anilines is 1. The van der Waals surface area contributed by atoms with Gasteiger partial charge in [-0.1, -0.05) is 24.3 Å². The van der Waals surface area contributed by atoms with Crippen molar-refractivity contribution in [1.29, 1.82) is 0 Å². The Morgan fingerprint density at radius 2 is 1.68 bits per heavy atom. The molecule has 2 aromatic carbocycles. The highest BCUT2D eigenvalue weighted by Crippen LogP contribution is 2.28. The maximum atomic E-state index is 12.6. The van der Waals surface area contributed by atoms with Crippen LogP contribution in [0.15, 0.2) is 65.7 Å².